The van der Waals surface area contributed by atoms with Gasteiger partial charge in [0.15, 0.2) is 0 Å². The molecule has 1 atom stereocenters. The minimum Gasteiger partial charge on any atom is -0.361 e. The maximum atomic E-state index is 6.01. The summed E-state index contributed by atoms with van der Waals surface area (Å²) in [6.45, 7) is 0. The van der Waals surface area contributed by atoms with E-state index in [1.807, 2.05) is 36.5 Å². The number of nitrogens with one attached hydrogen (secondary N) is 3. The number of nitrogens with two attached hydrogens (primary N) is 1. The molecule has 2 aromatic carbocycles. The molecule has 0 amide bonds. The summed E-state index contributed by atoms with van der Waals surface area (Å²) in [5.74, 6) is 1.25. The second-order valence-electron chi connectivity index (χ2n) is 5.66. The van der Waals surface area contributed by atoms with Crippen LogP contribution in [0.2, 0.25) is 0 Å². The summed E-state index contributed by atoms with van der Waals surface area (Å²) in [6, 6.07) is 16.4. The lowest BCUT2D eigenvalue weighted by Crippen LogP contribution is -2.47. The summed E-state index contributed by atoms with van der Waals surface area (Å²) < 4.78 is 2.14. The van der Waals surface area contributed by atoms with Crippen LogP contribution in [0.4, 0.5) is 5.95 Å². The van der Waals surface area contributed by atoms with Crippen molar-refractivity contribution in [1.82, 2.24) is 9.97 Å². The number of hydrogen-bond donors (Lipinski definition) is 4. The van der Waals surface area contributed by atoms with Gasteiger partial charge < -0.3 is 10.7 Å². The summed E-state index contributed by atoms with van der Waals surface area (Å²) in [4.78, 5) is 11.3. The van der Waals surface area contributed by atoms with Crippen LogP contribution in [0.25, 0.3) is 21.9 Å². The third-order valence-electron chi connectivity index (χ3n) is 4.31. The molecule has 4 aromatic rings. The molecule has 0 spiro atoms. The van der Waals surface area contributed by atoms with Gasteiger partial charge in [-0.2, -0.15) is 4.99 Å². The standard InChI is InChI=1S/C17H14N6/c18-16-21-15(11-9-19-12-6-2-1-5-10(11)12)23-14-8-4-3-7-13(14)20-17(23)22-16/h1-9,15,19H,(H3,18,20,21,22)/p+1/t15-/m0/s1. The van der Waals surface area contributed by atoms with Crippen LogP contribution in [-0.4, -0.2) is 15.9 Å². The number of anilines is 1. The van der Waals surface area contributed by atoms with Gasteiger partial charge in [0.1, 0.15) is 11.0 Å². The van der Waals surface area contributed by atoms with Crippen molar-refractivity contribution in [3.63, 3.8) is 0 Å². The summed E-state index contributed by atoms with van der Waals surface area (Å²) in [7, 11) is 0. The Morgan fingerprint density at radius 2 is 1.78 bits per heavy atom. The Morgan fingerprint density at radius 1 is 1.00 bits per heavy atom. The van der Waals surface area contributed by atoms with E-state index in [9.17, 15) is 0 Å². The Balaban J connectivity index is 1.81. The number of fused-ring (bicyclic) bond motifs is 4. The molecule has 5 rings (SSSR count). The number of hydrogen-bond acceptors (Lipinski definition) is 3. The molecule has 1 aliphatic heterocycles. The number of nitrogens with zero attached hydrogens (tertiary/aromatic N) is 2. The maximum absolute atomic E-state index is 6.01. The zero-order valence-electron chi connectivity index (χ0n) is 12.2. The van der Waals surface area contributed by atoms with E-state index in [2.05, 4.69) is 43.0 Å². The number of aliphatic imine (C=N–C) groups is 1. The molecule has 0 saturated carbocycles. The zero-order valence-corrected chi connectivity index (χ0v) is 12.2. The molecule has 5 N–H and O–H groups in total. The molecule has 0 unspecified atom stereocenters. The average Bonchev–Trinajstić information content (AvgIpc) is 3.15. The van der Waals surface area contributed by atoms with Crippen LogP contribution >= 0.6 is 0 Å². The van der Waals surface area contributed by atoms with Crippen molar-refractivity contribution >= 4 is 33.8 Å². The van der Waals surface area contributed by atoms with E-state index >= 15 is 0 Å². The minimum absolute atomic E-state index is 0.210. The highest BCUT2D eigenvalue weighted by Gasteiger charge is 2.32. The van der Waals surface area contributed by atoms with Crippen molar-refractivity contribution in [2.75, 3.05) is 5.32 Å². The van der Waals surface area contributed by atoms with Gasteiger partial charge in [-0.3, -0.25) is 0 Å². The second kappa shape index (κ2) is 4.36. The SMILES string of the molecule is NC1=N[C@H](c2c[nH]c3ccccc23)[n+]2c([nH]c3ccccc32)N1. The zero-order chi connectivity index (χ0) is 15.4. The largest absolute Gasteiger partial charge is 0.365 e. The molecule has 3 heterocycles. The highest BCUT2D eigenvalue weighted by Crippen LogP contribution is 2.29. The van der Waals surface area contributed by atoms with Crippen molar-refractivity contribution in [1.29, 1.82) is 0 Å². The van der Waals surface area contributed by atoms with Crippen molar-refractivity contribution in [3.05, 3.63) is 60.3 Å². The first-order valence-corrected chi connectivity index (χ1v) is 7.50. The molecule has 2 aromatic heterocycles. The third-order valence-corrected chi connectivity index (χ3v) is 4.31. The van der Waals surface area contributed by atoms with Crippen molar-refractivity contribution in [3.8, 4) is 0 Å². The normalized spacial score (nSPS) is 17.0. The van der Waals surface area contributed by atoms with Gasteiger partial charge in [-0.15, -0.1) is 0 Å². The molecule has 0 saturated heterocycles. The van der Waals surface area contributed by atoms with Gasteiger partial charge in [0.2, 0.25) is 6.17 Å². The number of H-pyrrole nitrogens is 2. The van der Waals surface area contributed by atoms with Crippen LogP contribution in [-0.2, 0) is 0 Å². The monoisotopic (exact) mass is 303 g/mol. The Hall–Kier alpha value is -3.28. The Bertz CT molecular complexity index is 1070. The summed E-state index contributed by atoms with van der Waals surface area (Å²) in [6.07, 6.45) is 1.80. The second-order valence-corrected chi connectivity index (χ2v) is 5.66. The molecule has 6 nitrogen and oxygen atoms in total. The van der Waals surface area contributed by atoms with Crippen LogP contribution in [0.3, 0.4) is 0 Å². The topological polar surface area (TPSA) is 85.9 Å². The van der Waals surface area contributed by atoms with Gasteiger partial charge in [0, 0.05) is 22.7 Å². The lowest BCUT2D eigenvalue weighted by atomic mass is 10.1. The third kappa shape index (κ3) is 1.69. The molecular formula is C17H15N6+. The van der Waals surface area contributed by atoms with Crippen LogP contribution in [0.1, 0.15) is 11.7 Å². The first-order chi connectivity index (χ1) is 11.3. The Morgan fingerprint density at radius 3 is 2.70 bits per heavy atom. The number of aromatic nitrogens is 3. The number of aromatic amines is 2. The molecule has 23 heavy (non-hydrogen) atoms. The maximum Gasteiger partial charge on any atom is 0.365 e. The van der Waals surface area contributed by atoms with Crippen molar-refractivity contribution in [2.45, 2.75) is 6.17 Å². The van der Waals surface area contributed by atoms with E-state index in [1.54, 1.807) is 0 Å². The average molecular weight is 303 g/mol. The van der Waals surface area contributed by atoms with E-state index in [-0.39, 0.29) is 6.17 Å². The quantitative estimate of drug-likeness (QED) is 0.406. The molecule has 0 aliphatic carbocycles. The van der Waals surface area contributed by atoms with Gasteiger partial charge in [0.05, 0.1) is 0 Å². The van der Waals surface area contributed by atoms with Gasteiger partial charge in [-0.05, 0) is 18.2 Å². The fourth-order valence-electron chi connectivity index (χ4n) is 3.30. The number of guanidine groups is 1. The van der Waals surface area contributed by atoms with Gasteiger partial charge in [0.25, 0.3) is 5.96 Å². The Labute approximate surface area is 131 Å². The predicted molar refractivity (Wildman–Crippen MR) is 90.2 cm³/mol. The van der Waals surface area contributed by atoms with E-state index in [4.69, 9.17) is 5.73 Å². The molecule has 1 aliphatic rings. The van der Waals surface area contributed by atoms with Crippen LogP contribution in [0.5, 0.6) is 0 Å². The van der Waals surface area contributed by atoms with E-state index in [0.29, 0.717) is 5.96 Å². The number of rotatable bonds is 1. The molecule has 6 heteroatoms. The molecule has 0 radical (unpaired) electrons. The van der Waals surface area contributed by atoms with E-state index in [0.717, 1.165) is 33.4 Å². The van der Waals surface area contributed by atoms with Crippen LogP contribution < -0.4 is 15.6 Å². The lowest BCUT2D eigenvalue weighted by molar-refractivity contribution is -0.674. The fourth-order valence-corrected chi connectivity index (χ4v) is 3.30. The molecule has 0 bridgehead atoms. The molecular weight excluding hydrogens is 288 g/mol. The smallest absolute Gasteiger partial charge is 0.361 e. The first kappa shape index (κ1) is 12.3. The number of para-hydroxylation sites is 3. The minimum atomic E-state index is -0.210. The number of benzene rings is 2. The van der Waals surface area contributed by atoms with Gasteiger partial charge >= 0.3 is 5.95 Å². The Kier molecular flexibility index (Phi) is 2.33. The summed E-state index contributed by atoms with van der Waals surface area (Å²) in [5, 5.41) is 4.27. The van der Waals surface area contributed by atoms with Crippen LogP contribution in [0.15, 0.2) is 59.7 Å². The highest BCUT2D eigenvalue weighted by atomic mass is 15.4. The molecule has 112 valence electrons. The fraction of sp³-hybridized carbons (Fsp3) is 0.0588. The van der Waals surface area contributed by atoms with Crippen molar-refractivity contribution in [2.24, 2.45) is 10.7 Å². The first-order valence-electron chi connectivity index (χ1n) is 7.50. The predicted octanol–water partition coefficient (Wildman–Crippen LogP) is 2.22. The van der Waals surface area contributed by atoms with Crippen LogP contribution in [0, 0.1) is 0 Å². The van der Waals surface area contributed by atoms with E-state index < -0.39 is 0 Å². The van der Waals surface area contributed by atoms with Crippen molar-refractivity contribution < 1.29 is 4.57 Å². The number of imidazole rings is 1. The van der Waals surface area contributed by atoms with E-state index in [1.165, 1.54) is 0 Å². The summed E-state index contributed by atoms with van der Waals surface area (Å²) >= 11 is 0. The molecule has 0 fully saturated rings. The lowest BCUT2D eigenvalue weighted by Gasteiger charge is -2.17. The summed E-state index contributed by atoms with van der Waals surface area (Å²) in [5.41, 5.74) is 10.3. The van der Waals surface area contributed by atoms with Gasteiger partial charge in [-0.25, -0.2) is 14.9 Å². The van der Waals surface area contributed by atoms with Gasteiger partial charge in [-0.1, -0.05) is 30.3 Å². The highest BCUT2D eigenvalue weighted by molar-refractivity contribution is 5.92.